The highest BCUT2D eigenvalue weighted by atomic mass is 35.5. The van der Waals surface area contributed by atoms with Crippen molar-refractivity contribution in [3.8, 4) is 11.8 Å². The summed E-state index contributed by atoms with van der Waals surface area (Å²) in [6, 6.07) is 5.85. The SMILES string of the molecule is Cc1cccc(C#CCCCl)c1N. The number of para-hydroxylation sites is 1. The number of halogens is 1. The highest BCUT2D eigenvalue weighted by molar-refractivity contribution is 6.18. The topological polar surface area (TPSA) is 26.0 Å². The van der Waals surface area contributed by atoms with Crippen molar-refractivity contribution in [3.63, 3.8) is 0 Å². The molecule has 0 bridgehead atoms. The quantitative estimate of drug-likeness (QED) is 0.414. The molecule has 0 spiro atoms. The van der Waals surface area contributed by atoms with Crippen LogP contribution in [0.1, 0.15) is 17.5 Å². The van der Waals surface area contributed by atoms with Crippen molar-refractivity contribution in [2.75, 3.05) is 11.6 Å². The monoisotopic (exact) mass is 193 g/mol. The summed E-state index contributed by atoms with van der Waals surface area (Å²) >= 11 is 5.51. The van der Waals surface area contributed by atoms with E-state index in [0.29, 0.717) is 12.3 Å². The standard InChI is InChI=1S/C11H12ClN/c1-9-5-4-7-10(11(9)13)6-2-3-8-12/h4-5,7H,3,8,13H2,1H3. The van der Waals surface area contributed by atoms with Crippen LogP contribution in [-0.2, 0) is 0 Å². The largest absolute Gasteiger partial charge is 0.398 e. The van der Waals surface area contributed by atoms with Gasteiger partial charge in [0, 0.05) is 17.9 Å². The number of benzene rings is 1. The van der Waals surface area contributed by atoms with E-state index in [0.717, 1.165) is 16.8 Å². The van der Waals surface area contributed by atoms with E-state index in [9.17, 15) is 0 Å². The zero-order valence-corrected chi connectivity index (χ0v) is 8.36. The Morgan fingerprint density at radius 2 is 2.23 bits per heavy atom. The molecular formula is C11H12ClN. The first kappa shape index (κ1) is 9.95. The highest BCUT2D eigenvalue weighted by Crippen LogP contribution is 2.14. The van der Waals surface area contributed by atoms with Crippen LogP contribution in [0.25, 0.3) is 0 Å². The summed E-state index contributed by atoms with van der Waals surface area (Å²) in [4.78, 5) is 0. The number of hydrogen-bond donors (Lipinski definition) is 1. The van der Waals surface area contributed by atoms with E-state index in [-0.39, 0.29) is 0 Å². The minimum atomic E-state index is 0.568. The molecule has 13 heavy (non-hydrogen) atoms. The molecule has 0 heterocycles. The Kier molecular flexibility index (Phi) is 3.67. The van der Waals surface area contributed by atoms with Crippen LogP contribution in [0.3, 0.4) is 0 Å². The van der Waals surface area contributed by atoms with Crippen LogP contribution < -0.4 is 5.73 Å². The number of rotatable bonds is 1. The second kappa shape index (κ2) is 4.79. The van der Waals surface area contributed by atoms with Crippen molar-refractivity contribution in [3.05, 3.63) is 29.3 Å². The molecule has 0 aliphatic heterocycles. The maximum Gasteiger partial charge on any atom is 0.0502 e. The Balaban J connectivity index is 2.91. The van der Waals surface area contributed by atoms with Gasteiger partial charge in [-0.2, -0.15) is 0 Å². The van der Waals surface area contributed by atoms with E-state index in [1.54, 1.807) is 0 Å². The van der Waals surface area contributed by atoms with Crippen molar-refractivity contribution < 1.29 is 0 Å². The number of anilines is 1. The van der Waals surface area contributed by atoms with Crippen LogP contribution >= 0.6 is 11.6 Å². The molecule has 0 unspecified atom stereocenters. The lowest BCUT2D eigenvalue weighted by Gasteiger charge is -2.00. The molecule has 2 N–H and O–H groups in total. The van der Waals surface area contributed by atoms with E-state index in [1.165, 1.54) is 0 Å². The van der Waals surface area contributed by atoms with Crippen molar-refractivity contribution in [1.29, 1.82) is 0 Å². The normalized spacial score (nSPS) is 9.08. The Morgan fingerprint density at radius 1 is 1.46 bits per heavy atom. The molecule has 2 heteroatoms. The van der Waals surface area contributed by atoms with Gasteiger partial charge in [0.05, 0.1) is 5.69 Å². The molecule has 0 atom stereocenters. The fourth-order valence-corrected chi connectivity index (χ4v) is 1.09. The lowest BCUT2D eigenvalue weighted by atomic mass is 10.1. The average molecular weight is 194 g/mol. The molecule has 0 radical (unpaired) electrons. The van der Waals surface area contributed by atoms with Gasteiger partial charge in [0.2, 0.25) is 0 Å². The van der Waals surface area contributed by atoms with Gasteiger partial charge in [0.15, 0.2) is 0 Å². The van der Waals surface area contributed by atoms with Crippen molar-refractivity contribution in [2.24, 2.45) is 0 Å². The summed E-state index contributed by atoms with van der Waals surface area (Å²) in [5.41, 5.74) is 8.56. The van der Waals surface area contributed by atoms with Crippen molar-refractivity contribution in [2.45, 2.75) is 13.3 Å². The zero-order valence-electron chi connectivity index (χ0n) is 7.60. The summed E-state index contributed by atoms with van der Waals surface area (Å²) in [5, 5.41) is 0. The zero-order chi connectivity index (χ0) is 9.68. The Hall–Kier alpha value is -1.13. The summed E-state index contributed by atoms with van der Waals surface area (Å²) in [6.07, 6.45) is 0.703. The minimum Gasteiger partial charge on any atom is -0.398 e. The number of aryl methyl sites for hydroxylation is 1. The van der Waals surface area contributed by atoms with Gasteiger partial charge in [-0.1, -0.05) is 24.0 Å². The second-order valence-corrected chi connectivity index (χ2v) is 3.15. The molecule has 1 rings (SSSR count). The third-order valence-electron chi connectivity index (χ3n) is 1.77. The van der Waals surface area contributed by atoms with Gasteiger partial charge in [0.1, 0.15) is 0 Å². The number of alkyl halides is 1. The molecule has 0 aromatic heterocycles. The molecule has 1 nitrogen and oxygen atoms in total. The molecule has 0 fully saturated rings. The van der Waals surface area contributed by atoms with Gasteiger partial charge >= 0.3 is 0 Å². The van der Waals surface area contributed by atoms with Gasteiger partial charge in [-0.05, 0) is 18.6 Å². The van der Waals surface area contributed by atoms with E-state index >= 15 is 0 Å². The fourth-order valence-electron chi connectivity index (χ4n) is 0.995. The van der Waals surface area contributed by atoms with Crippen LogP contribution in [0, 0.1) is 18.8 Å². The smallest absolute Gasteiger partial charge is 0.0502 e. The molecule has 0 aliphatic carbocycles. The molecule has 1 aromatic rings. The van der Waals surface area contributed by atoms with Gasteiger partial charge in [-0.15, -0.1) is 11.6 Å². The third-order valence-corrected chi connectivity index (χ3v) is 1.96. The van der Waals surface area contributed by atoms with Crippen molar-refractivity contribution in [1.82, 2.24) is 0 Å². The summed E-state index contributed by atoms with van der Waals surface area (Å²) < 4.78 is 0. The summed E-state index contributed by atoms with van der Waals surface area (Å²) in [6.45, 7) is 1.97. The second-order valence-electron chi connectivity index (χ2n) is 2.78. The molecule has 0 amide bonds. The van der Waals surface area contributed by atoms with E-state index < -0.39 is 0 Å². The maximum atomic E-state index is 5.83. The Morgan fingerprint density at radius 3 is 2.92 bits per heavy atom. The Labute approximate surface area is 83.9 Å². The molecule has 0 saturated carbocycles. The minimum absolute atomic E-state index is 0.568. The van der Waals surface area contributed by atoms with Gasteiger partial charge in [-0.3, -0.25) is 0 Å². The lowest BCUT2D eigenvalue weighted by molar-refractivity contribution is 1.29. The molecule has 1 aromatic carbocycles. The summed E-state index contributed by atoms with van der Waals surface area (Å²) in [7, 11) is 0. The molecular weight excluding hydrogens is 182 g/mol. The predicted molar refractivity (Wildman–Crippen MR) is 57.8 cm³/mol. The summed E-state index contributed by atoms with van der Waals surface area (Å²) in [5.74, 6) is 6.52. The van der Waals surface area contributed by atoms with E-state index in [2.05, 4.69) is 11.8 Å². The predicted octanol–water partition coefficient (Wildman–Crippen LogP) is 2.56. The fraction of sp³-hybridized carbons (Fsp3) is 0.273. The van der Waals surface area contributed by atoms with Gasteiger partial charge in [-0.25, -0.2) is 0 Å². The number of hydrogen-bond acceptors (Lipinski definition) is 1. The molecule has 0 saturated heterocycles. The highest BCUT2D eigenvalue weighted by Gasteiger charge is 1.96. The van der Waals surface area contributed by atoms with Gasteiger partial charge < -0.3 is 5.73 Å². The van der Waals surface area contributed by atoms with Crippen LogP contribution in [-0.4, -0.2) is 5.88 Å². The average Bonchev–Trinajstić information content (AvgIpc) is 2.13. The van der Waals surface area contributed by atoms with Gasteiger partial charge in [0.25, 0.3) is 0 Å². The maximum absolute atomic E-state index is 5.83. The first-order chi connectivity index (χ1) is 6.25. The van der Waals surface area contributed by atoms with Crippen LogP contribution in [0.4, 0.5) is 5.69 Å². The van der Waals surface area contributed by atoms with E-state index in [1.807, 2.05) is 25.1 Å². The number of nitrogen functional groups attached to an aromatic ring is 1. The Bertz CT molecular complexity index is 347. The molecule has 68 valence electrons. The first-order valence-electron chi connectivity index (χ1n) is 4.15. The van der Waals surface area contributed by atoms with Crippen LogP contribution in [0.5, 0.6) is 0 Å². The van der Waals surface area contributed by atoms with Crippen molar-refractivity contribution >= 4 is 17.3 Å². The lowest BCUT2D eigenvalue weighted by Crippen LogP contribution is -1.93. The van der Waals surface area contributed by atoms with Crippen LogP contribution in [0.2, 0.25) is 0 Å². The van der Waals surface area contributed by atoms with E-state index in [4.69, 9.17) is 17.3 Å². The first-order valence-corrected chi connectivity index (χ1v) is 4.69. The van der Waals surface area contributed by atoms with Crippen LogP contribution in [0.15, 0.2) is 18.2 Å². The third kappa shape index (κ3) is 2.68. The molecule has 0 aliphatic rings. The number of nitrogens with two attached hydrogens (primary N) is 1.